The normalized spacial score (nSPS) is 14.3. The van der Waals surface area contributed by atoms with Gasteiger partial charge in [0.25, 0.3) is 0 Å². The van der Waals surface area contributed by atoms with E-state index in [9.17, 15) is 43.2 Å². The van der Waals surface area contributed by atoms with E-state index in [0.717, 1.165) is 95.8 Å². The van der Waals surface area contributed by atoms with E-state index in [-0.39, 0.29) is 25.7 Å². The van der Waals surface area contributed by atoms with Crippen molar-refractivity contribution >= 4 is 39.5 Å². The summed E-state index contributed by atoms with van der Waals surface area (Å²) in [6.45, 7) is 9.56. The number of hydrogen-bond acceptors (Lipinski definition) is 15. The molecule has 552 valence electrons. The smallest absolute Gasteiger partial charge is 0.462 e. The van der Waals surface area contributed by atoms with Crippen molar-refractivity contribution in [2.45, 2.75) is 400 Å². The Balaban J connectivity index is 5.15. The highest BCUT2D eigenvalue weighted by Crippen LogP contribution is 2.45. The quantitative estimate of drug-likeness (QED) is 0.0222. The number of carbonyl (C=O) groups is 4. The van der Waals surface area contributed by atoms with Crippen molar-refractivity contribution < 1.29 is 80.2 Å². The third-order valence-electron chi connectivity index (χ3n) is 17.6. The Morgan fingerprint density at radius 3 is 0.817 bits per heavy atom. The average molecular weight is 1370 g/mol. The van der Waals surface area contributed by atoms with Crippen molar-refractivity contribution in [1.82, 2.24) is 0 Å². The Morgan fingerprint density at radius 2 is 0.548 bits per heavy atom. The highest BCUT2D eigenvalue weighted by Gasteiger charge is 2.30. The van der Waals surface area contributed by atoms with Crippen LogP contribution in [0, 0.1) is 11.8 Å². The second-order valence-electron chi connectivity index (χ2n) is 27.4. The molecule has 0 aromatic rings. The number of aliphatic hydroxyl groups is 1. The minimum absolute atomic E-state index is 0.104. The van der Waals surface area contributed by atoms with Crippen LogP contribution in [0.4, 0.5) is 0 Å². The lowest BCUT2D eigenvalue weighted by Crippen LogP contribution is -2.30. The summed E-state index contributed by atoms with van der Waals surface area (Å²) in [6, 6.07) is 0. The average Bonchev–Trinajstić information content (AvgIpc) is 1.71. The number of phosphoric acid groups is 2. The predicted octanol–water partition coefficient (Wildman–Crippen LogP) is 21.6. The first kappa shape index (κ1) is 91.1. The highest BCUT2D eigenvalue weighted by atomic mass is 31.2. The van der Waals surface area contributed by atoms with Crippen molar-refractivity contribution in [1.29, 1.82) is 0 Å². The lowest BCUT2D eigenvalue weighted by atomic mass is 9.99. The molecule has 19 heteroatoms. The van der Waals surface area contributed by atoms with Gasteiger partial charge in [0.05, 0.1) is 26.4 Å². The Bertz CT molecular complexity index is 1810. The zero-order valence-electron chi connectivity index (χ0n) is 60.6. The van der Waals surface area contributed by atoms with E-state index < -0.39 is 97.5 Å². The van der Waals surface area contributed by atoms with Gasteiger partial charge in [0, 0.05) is 25.7 Å². The Labute approximate surface area is 568 Å². The molecule has 0 heterocycles. The van der Waals surface area contributed by atoms with E-state index in [1.54, 1.807) is 0 Å². The molecule has 0 aliphatic carbocycles. The maximum absolute atomic E-state index is 13.1. The van der Waals surface area contributed by atoms with Crippen LogP contribution in [0.15, 0.2) is 0 Å². The molecule has 0 aliphatic rings. The van der Waals surface area contributed by atoms with Gasteiger partial charge in [0.1, 0.15) is 19.3 Å². The molecular formula is C74H144O17P2. The molecule has 0 bridgehead atoms. The molecular weight excluding hydrogens is 1220 g/mol. The molecule has 93 heavy (non-hydrogen) atoms. The van der Waals surface area contributed by atoms with Crippen LogP contribution in [0.3, 0.4) is 0 Å². The molecule has 0 spiro atoms. The Kier molecular flexibility index (Phi) is 64.6. The molecule has 0 saturated heterocycles. The van der Waals surface area contributed by atoms with Crippen molar-refractivity contribution in [3.8, 4) is 0 Å². The van der Waals surface area contributed by atoms with Crippen LogP contribution in [0.2, 0.25) is 0 Å². The number of rotatable bonds is 73. The van der Waals surface area contributed by atoms with Crippen molar-refractivity contribution in [3.63, 3.8) is 0 Å². The van der Waals surface area contributed by atoms with Crippen LogP contribution in [0.5, 0.6) is 0 Å². The second-order valence-corrected chi connectivity index (χ2v) is 30.3. The number of esters is 4. The molecule has 17 nitrogen and oxygen atoms in total. The van der Waals surface area contributed by atoms with E-state index in [1.165, 1.54) is 199 Å². The molecule has 0 radical (unpaired) electrons. The maximum atomic E-state index is 13.1. The van der Waals surface area contributed by atoms with Gasteiger partial charge >= 0.3 is 39.5 Å². The lowest BCUT2D eigenvalue weighted by molar-refractivity contribution is -0.161. The molecule has 0 amide bonds. The number of ether oxygens (including phenoxy) is 4. The van der Waals surface area contributed by atoms with Crippen LogP contribution in [-0.4, -0.2) is 96.7 Å². The summed E-state index contributed by atoms with van der Waals surface area (Å²) in [7, 11) is -9.90. The zero-order chi connectivity index (χ0) is 68.6. The van der Waals surface area contributed by atoms with Crippen molar-refractivity contribution in [2.75, 3.05) is 39.6 Å². The molecule has 3 N–H and O–H groups in total. The van der Waals surface area contributed by atoms with E-state index in [0.29, 0.717) is 31.6 Å². The highest BCUT2D eigenvalue weighted by molar-refractivity contribution is 7.47. The molecule has 6 atom stereocenters. The third-order valence-corrected chi connectivity index (χ3v) is 19.5. The number of unbranched alkanes of at least 4 members (excludes halogenated alkanes) is 42. The minimum atomic E-state index is -4.95. The molecule has 3 unspecified atom stereocenters. The summed E-state index contributed by atoms with van der Waals surface area (Å²) in [5.41, 5.74) is 0. The van der Waals surface area contributed by atoms with Gasteiger partial charge in [0.2, 0.25) is 0 Å². The second kappa shape index (κ2) is 66.0. The summed E-state index contributed by atoms with van der Waals surface area (Å²) in [4.78, 5) is 72.6. The Hall–Kier alpha value is -1.94. The van der Waals surface area contributed by atoms with Gasteiger partial charge in [-0.15, -0.1) is 0 Å². The van der Waals surface area contributed by atoms with Gasteiger partial charge in [0.15, 0.2) is 12.2 Å². The summed E-state index contributed by atoms with van der Waals surface area (Å²) in [5.74, 6) is -0.555. The fraction of sp³-hybridized carbons (Fsp3) is 0.946. The van der Waals surface area contributed by atoms with E-state index >= 15 is 0 Å². The fourth-order valence-electron chi connectivity index (χ4n) is 11.3. The van der Waals surface area contributed by atoms with Crippen LogP contribution in [0.1, 0.15) is 382 Å². The van der Waals surface area contributed by atoms with Gasteiger partial charge in [-0.3, -0.25) is 37.3 Å². The molecule has 0 fully saturated rings. The fourth-order valence-corrected chi connectivity index (χ4v) is 12.8. The van der Waals surface area contributed by atoms with Crippen LogP contribution in [-0.2, 0) is 65.4 Å². The molecule has 0 aromatic carbocycles. The Morgan fingerprint density at radius 1 is 0.312 bits per heavy atom. The largest absolute Gasteiger partial charge is 0.472 e. The molecule has 0 saturated carbocycles. The van der Waals surface area contributed by atoms with E-state index in [2.05, 4.69) is 41.5 Å². The number of carbonyl (C=O) groups excluding carboxylic acids is 4. The SMILES string of the molecule is CCCCCCCCCCCCCCC(=O)OC[C@H](COP(=O)(O)OC[C@@H](O)COP(=O)(O)OC[C@@H](COC(=O)CCCCCCCCCCC)OC(=O)CCCCCCCCCC(C)C)OC(=O)CCCCCCCCCCCCCCCCCCCCC(C)CC. The van der Waals surface area contributed by atoms with Crippen LogP contribution in [0.25, 0.3) is 0 Å². The first-order valence-corrected chi connectivity index (χ1v) is 41.5. The maximum Gasteiger partial charge on any atom is 0.472 e. The first-order chi connectivity index (χ1) is 44.9. The van der Waals surface area contributed by atoms with Gasteiger partial charge in [-0.2, -0.15) is 0 Å². The zero-order valence-corrected chi connectivity index (χ0v) is 62.3. The minimum Gasteiger partial charge on any atom is -0.462 e. The van der Waals surface area contributed by atoms with Crippen LogP contribution >= 0.6 is 15.6 Å². The topological polar surface area (TPSA) is 237 Å². The molecule has 0 aromatic heterocycles. The van der Waals surface area contributed by atoms with Crippen molar-refractivity contribution in [2.24, 2.45) is 11.8 Å². The summed E-state index contributed by atoms with van der Waals surface area (Å²) >= 11 is 0. The van der Waals surface area contributed by atoms with E-state index in [4.69, 9.17) is 37.0 Å². The molecule has 0 rings (SSSR count). The number of phosphoric ester groups is 2. The first-order valence-electron chi connectivity index (χ1n) is 38.5. The summed E-state index contributed by atoms with van der Waals surface area (Å²) in [6.07, 6.45) is 52.9. The predicted molar refractivity (Wildman–Crippen MR) is 377 cm³/mol. The monoisotopic (exact) mass is 1370 g/mol. The van der Waals surface area contributed by atoms with Crippen LogP contribution < -0.4 is 0 Å². The van der Waals surface area contributed by atoms with E-state index in [1.807, 2.05) is 0 Å². The van der Waals surface area contributed by atoms with Crippen molar-refractivity contribution in [3.05, 3.63) is 0 Å². The standard InChI is InChI=1S/C74H144O17P2/c1-7-10-12-14-16-18-19-29-33-39-45-51-57-72(77)85-62-69(90-73(78)58-52-46-40-34-30-27-25-23-21-20-22-24-26-28-32-37-43-49-55-67(6)9-3)64-88-92(80,81)86-60-68(75)61-87-93(82,83)89-65-70(63-84-71(76)56-50-44-38-31-17-15-13-11-8-2)91-74(79)59-53-47-41-35-36-42-48-54-66(4)5/h66-70,75H,7-65H2,1-6H3,(H,80,81)(H,82,83)/t67?,68-,69-,70-/m1/s1. The lowest BCUT2D eigenvalue weighted by Gasteiger charge is -2.21. The third kappa shape index (κ3) is 67.0. The number of aliphatic hydroxyl groups excluding tert-OH is 1. The van der Waals surface area contributed by atoms with Gasteiger partial charge in [-0.05, 0) is 37.5 Å². The van der Waals surface area contributed by atoms with Gasteiger partial charge < -0.3 is 33.8 Å². The molecule has 0 aliphatic heterocycles. The summed E-state index contributed by atoms with van der Waals surface area (Å²) in [5, 5.41) is 10.6. The number of hydrogen-bond donors (Lipinski definition) is 3. The van der Waals surface area contributed by atoms with Gasteiger partial charge in [-0.1, -0.05) is 330 Å². The van der Waals surface area contributed by atoms with Gasteiger partial charge in [-0.25, -0.2) is 9.13 Å². The summed E-state index contributed by atoms with van der Waals surface area (Å²) < 4.78 is 68.3.